The summed E-state index contributed by atoms with van der Waals surface area (Å²) in [5.41, 5.74) is 6.35. The minimum atomic E-state index is -0.620. The maximum Gasteiger partial charge on any atom is 0.128 e. The third-order valence-electron chi connectivity index (χ3n) is 4.59. The quantitative estimate of drug-likeness (QED) is 0.898. The van der Waals surface area contributed by atoms with Crippen molar-refractivity contribution in [3.63, 3.8) is 0 Å². The first-order chi connectivity index (χ1) is 9.94. The molecule has 0 bridgehead atoms. The number of rotatable bonds is 4. The molecule has 118 valence electrons. The van der Waals surface area contributed by atoms with Crippen molar-refractivity contribution in [2.45, 2.75) is 57.2 Å². The predicted octanol–water partition coefficient (Wildman–Crippen LogP) is 2.84. The average molecular weight is 294 g/mol. The van der Waals surface area contributed by atoms with Crippen LogP contribution in [0, 0.1) is 5.82 Å². The lowest BCUT2D eigenvalue weighted by Crippen LogP contribution is -2.42. The topological polar surface area (TPSA) is 49.5 Å². The number of halogens is 1. The summed E-state index contributed by atoms with van der Waals surface area (Å²) in [6, 6.07) is 6.68. The second kappa shape index (κ2) is 6.86. The van der Waals surface area contributed by atoms with Crippen molar-refractivity contribution in [2.75, 3.05) is 13.1 Å². The van der Waals surface area contributed by atoms with Gasteiger partial charge in [0.05, 0.1) is 11.6 Å². The average Bonchev–Trinajstić information content (AvgIpc) is 2.62. The molecular weight excluding hydrogens is 267 g/mol. The highest BCUT2D eigenvalue weighted by Gasteiger charge is 2.32. The van der Waals surface area contributed by atoms with Crippen LogP contribution in [-0.2, 0) is 0 Å². The van der Waals surface area contributed by atoms with E-state index in [1.54, 1.807) is 6.07 Å². The standard InChI is InChI=1S/C17H27FN2O/c1-3-15(19)16(13-7-4-5-8-14(13)18)20-11-6-9-17(2,21)10-12-20/h4-5,7-8,15-16,21H,3,6,9-12,19H2,1-2H3. The van der Waals surface area contributed by atoms with Gasteiger partial charge in [-0.3, -0.25) is 4.90 Å². The minimum absolute atomic E-state index is 0.107. The van der Waals surface area contributed by atoms with Gasteiger partial charge in [0.2, 0.25) is 0 Å². The first-order valence-corrected chi connectivity index (χ1v) is 7.91. The fraction of sp³-hybridized carbons (Fsp3) is 0.647. The molecule has 4 heteroatoms. The van der Waals surface area contributed by atoms with E-state index in [2.05, 4.69) is 4.90 Å². The molecule has 3 atom stereocenters. The van der Waals surface area contributed by atoms with Crippen LogP contribution in [0.15, 0.2) is 24.3 Å². The summed E-state index contributed by atoms with van der Waals surface area (Å²) in [6.07, 6.45) is 3.20. The molecule has 0 aromatic heterocycles. The van der Waals surface area contributed by atoms with Gasteiger partial charge in [0, 0.05) is 18.2 Å². The van der Waals surface area contributed by atoms with E-state index in [1.165, 1.54) is 6.07 Å². The van der Waals surface area contributed by atoms with Crippen LogP contribution in [0.5, 0.6) is 0 Å². The first-order valence-electron chi connectivity index (χ1n) is 7.91. The third-order valence-corrected chi connectivity index (χ3v) is 4.59. The van der Waals surface area contributed by atoms with E-state index in [-0.39, 0.29) is 17.9 Å². The zero-order valence-electron chi connectivity index (χ0n) is 13.1. The van der Waals surface area contributed by atoms with Crippen LogP contribution in [0.4, 0.5) is 4.39 Å². The van der Waals surface area contributed by atoms with Gasteiger partial charge in [0.25, 0.3) is 0 Å². The van der Waals surface area contributed by atoms with Gasteiger partial charge in [0.15, 0.2) is 0 Å². The van der Waals surface area contributed by atoms with Crippen LogP contribution in [0.25, 0.3) is 0 Å². The van der Waals surface area contributed by atoms with Gasteiger partial charge in [-0.1, -0.05) is 25.1 Å². The molecule has 1 heterocycles. The van der Waals surface area contributed by atoms with Crippen LogP contribution in [-0.4, -0.2) is 34.7 Å². The van der Waals surface area contributed by atoms with Gasteiger partial charge in [0.1, 0.15) is 5.82 Å². The van der Waals surface area contributed by atoms with Gasteiger partial charge < -0.3 is 10.8 Å². The summed E-state index contributed by atoms with van der Waals surface area (Å²) in [6.45, 7) is 5.52. The summed E-state index contributed by atoms with van der Waals surface area (Å²) in [7, 11) is 0. The van der Waals surface area contributed by atoms with Crippen LogP contribution in [0.1, 0.15) is 51.1 Å². The van der Waals surface area contributed by atoms with E-state index >= 15 is 0 Å². The zero-order chi connectivity index (χ0) is 15.5. The van der Waals surface area contributed by atoms with Crippen molar-refractivity contribution in [3.8, 4) is 0 Å². The summed E-state index contributed by atoms with van der Waals surface area (Å²) in [4.78, 5) is 2.24. The Kier molecular flexibility index (Phi) is 5.36. The van der Waals surface area contributed by atoms with Gasteiger partial charge >= 0.3 is 0 Å². The molecule has 3 unspecified atom stereocenters. The lowest BCUT2D eigenvalue weighted by molar-refractivity contribution is 0.0421. The number of benzene rings is 1. The number of hydrogen-bond donors (Lipinski definition) is 2. The molecule has 3 nitrogen and oxygen atoms in total. The van der Waals surface area contributed by atoms with Crippen LogP contribution in [0.3, 0.4) is 0 Å². The van der Waals surface area contributed by atoms with E-state index < -0.39 is 5.60 Å². The molecule has 3 N–H and O–H groups in total. The Labute approximate surface area is 126 Å². The molecule has 0 amide bonds. The Morgan fingerprint density at radius 2 is 2.05 bits per heavy atom. The number of likely N-dealkylation sites (tertiary alicyclic amines) is 1. The van der Waals surface area contributed by atoms with Gasteiger partial charge in [-0.05, 0) is 45.2 Å². The van der Waals surface area contributed by atoms with Crippen LogP contribution in [0.2, 0.25) is 0 Å². The first kappa shape index (κ1) is 16.4. The van der Waals surface area contributed by atoms with E-state index in [9.17, 15) is 9.50 Å². The fourth-order valence-electron chi connectivity index (χ4n) is 3.20. The second-order valence-electron chi connectivity index (χ2n) is 6.42. The molecule has 1 saturated heterocycles. The fourth-order valence-corrected chi connectivity index (χ4v) is 3.20. The van der Waals surface area contributed by atoms with Gasteiger partial charge in [-0.2, -0.15) is 0 Å². The van der Waals surface area contributed by atoms with E-state index in [1.807, 2.05) is 26.0 Å². The molecule has 1 aliphatic rings. The van der Waals surface area contributed by atoms with Crippen LogP contribution < -0.4 is 5.73 Å². The molecule has 0 radical (unpaired) electrons. The van der Waals surface area contributed by atoms with Crippen molar-refractivity contribution >= 4 is 0 Å². The monoisotopic (exact) mass is 294 g/mol. The van der Waals surface area contributed by atoms with Crippen molar-refractivity contribution in [2.24, 2.45) is 5.73 Å². The molecule has 21 heavy (non-hydrogen) atoms. The van der Waals surface area contributed by atoms with Crippen LogP contribution >= 0.6 is 0 Å². The lowest BCUT2D eigenvalue weighted by Gasteiger charge is -2.35. The highest BCUT2D eigenvalue weighted by molar-refractivity contribution is 5.23. The molecular formula is C17H27FN2O. The van der Waals surface area contributed by atoms with Crippen molar-refractivity contribution < 1.29 is 9.50 Å². The molecule has 2 rings (SSSR count). The summed E-state index contributed by atoms with van der Waals surface area (Å²) in [5.74, 6) is -0.192. The molecule has 1 aliphatic heterocycles. The maximum absolute atomic E-state index is 14.2. The normalized spacial score (nSPS) is 27.1. The molecule has 0 aliphatic carbocycles. The maximum atomic E-state index is 14.2. The van der Waals surface area contributed by atoms with E-state index in [0.29, 0.717) is 12.0 Å². The largest absolute Gasteiger partial charge is 0.390 e. The number of hydrogen-bond acceptors (Lipinski definition) is 3. The summed E-state index contributed by atoms with van der Waals surface area (Å²) >= 11 is 0. The van der Waals surface area contributed by atoms with E-state index in [4.69, 9.17) is 5.73 Å². The molecule has 1 aromatic carbocycles. The zero-order valence-corrected chi connectivity index (χ0v) is 13.1. The highest BCUT2D eigenvalue weighted by atomic mass is 19.1. The Morgan fingerprint density at radius 1 is 1.33 bits per heavy atom. The number of nitrogens with two attached hydrogens (primary N) is 1. The third kappa shape index (κ3) is 4.02. The smallest absolute Gasteiger partial charge is 0.128 e. The minimum Gasteiger partial charge on any atom is -0.390 e. The predicted molar refractivity (Wildman–Crippen MR) is 83.5 cm³/mol. The SMILES string of the molecule is CCC(N)C(c1ccccc1F)N1CCCC(C)(O)CC1. The van der Waals surface area contributed by atoms with Gasteiger partial charge in [-0.25, -0.2) is 4.39 Å². The Morgan fingerprint density at radius 3 is 2.71 bits per heavy atom. The van der Waals surface area contributed by atoms with Crippen molar-refractivity contribution in [3.05, 3.63) is 35.6 Å². The Hall–Kier alpha value is -0.970. The molecule has 1 aromatic rings. The number of nitrogens with zero attached hydrogens (tertiary/aromatic N) is 1. The second-order valence-corrected chi connectivity index (χ2v) is 6.42. The summed E-state index contributed by atoms with van der Waals surface area (Å²) in [5, 5.41) is 10.2. The van der Waals surface area contributed by atoms with Crippen molar-refractivity contribution in [1.82, 2.24) is 4.90 Å². The Balaban J connectivity index is 2.26. The molecule has 0 saturated carbocycles. The number of aliphatic hydroxyl groups is 1. The van der Waals surface area contributed by atoms with Crippen molar-refractivity contribution in [1.29, 1.82) is 0 Å². The molecule has 1 fully saturated rings. The Bertz CT molecular complexity index is 464. The van der Waals surface area contributed by atoms with Gasteiger partial charge in [-0.15, -0.1) is 0 Å². The highest BCUT2D eigenvalue weighted by Crippen LogP contribution is 2.31. The molecule has 0 spiro atoms. The summed E-state index contributed by atoms with van der Waals surface area (Å²) < 4.78 is 14.2. The van der Waals surface area contributed by atoms with E-state index in [0.717, 1.165) is 32.4 Å². The lowest BCUT2D eigenvalue weighted by atomic mass is 9.95.